The first-order valence-electron chi connectivity index (χ1n) is 10.5. The number of carbonyl (C=O) groups is 1. The Morgan fingerprint density at radius 1 is 0.969 bits per heavy atom. The number of H-pyrrole nitrogens is 1. The van der Waals surface area contributed by atoms with Crippen molar-refractivity contribution in [2.24, 2.45) is 0 Å². The zero-order valence-corrected chi connectivity index (χ0v) is 17.9. The lowest BCUT2D eigenvalue weighted by Gasteiger charge is -2.16. The predicted octanol–water partition coefficient (Wildman–Crippen LogP) is 4.14. The van der Waals surface area contributed by atoms with Gasteiger partial charge in [-0.25, -0.2) is 4.79 Å². The van der Waals surface area contributed by atoms with Crippen molar-refractivity contribution in [1.29, 1.82) is 0 Å². The van der Waals surface area contributed by atoms with E-state index in [4.69, 9.17) is 0 Å². The van der Waals surface area contributed by atoms with Gasteiger partial charge in [0.25, 0.3) is 11.5 Å². The molecule has 0 saturated heterocycles. The average molecular weight is 428 g/mol. The normalized spacial score (nSPS) is 11.8. The number of amides is 1. The summed E-state index contributed by atoms with van der Waals surface area (Å²) >= 11 is 0. The SMILES string of the molecule is CCn1c(=O)[nH]c2cc(C(=O)Nc3ccc(NC(C)c4ccccc4)cc3)ccc2c1=O. The van der Waals surface area contributed by atoms with Gasteiger partial charge in [0.2, 0.25) is 0 Å². The molecule has 1 heterocycles. The highest BCUT2D eigenvalue weighted by atomic mass is 16.2. The van der Waals surface area contributed by atoms with E-state index in [-0.39, 0.29) is 24.1 Å². The van der Waals surface area contributed by atoms with Crippen molar-refractivity contribution in [3.05, 3.63) is 105 Å². The van der Waals surface area contributed by atoms with E-state index in [9.17, 15) is 14.4 Å². The summed E-state index contributed by atoms with van der Waals surface area (Å²) in [6.45, 7) is 4.10. The third-order valence-electron chi connectivity index (χ3n) is 5.39. The molecule has 0 spiro atoms. The van der Waals surface area contributed by atoms with Crippen LogP contribution in [0.2, 0.25) is 0 Å². The summed E-state index contributed by atoms with van der Waals surface area (Å²) in [5.74, 6) is -0.328. The molecule has 1 atom stereocenters. The molecule has 0 aliphatic rings. The molecule has 0 aliphatic heterocycles. The number of nitrogens with zero attached hydrogens (tertiary/aromatic N) is 1. The Hall–Kier alpha value is -4.13. The minimum Gasteiger partial charge on any atom is -0.379 e. The standard InChI is InChI=1S/C25H24N4O3/c1-3-29-24(31)21-14-9-18(15-22(21)28-25(29)32)23(30)27-20-12-10-19(11-13-20)26-16(2)17-7-5-4-6-8-17/h4-16,26H,3H2,1-2H3,(H,27,30)(H,28,32). The number of fused-ring (bicyclic) bond motifs is 1. The minimum atomic E-state index is -0.490. The Balaban J connectivity index is 1.48. The van der Waals surface area contributed by atoms with E-state index in [1.807, 2.05) is 42.5 Å². The molecule has 0 radical (unpaired) electrons. The lowest BCUT2D eigenvalue weighted by atomic mass is 10.1. The number of carbonyl (C=O) groups excluding carboxylic acids is 1. The van der Waals surface area contributed by atoms with Crippen molar-refractivity contribution in [2.45, 2.75) is 26.4 Å². The molecule has 32 heavy (non-hydrogen) atoms. The van der Waals surface area contributed by atoms with E-state index < -0.39 is 5.69 Å². The van der Waals surface area contributed by atoms with Crippen LogP contribution in [0, 0.1) is 0 Å². The monoisotopic (exact) mass is 428 g/mol. The molecule has 0 fully saturated rings. The number of hydrogen-bond donors (Lipinski definition) is 3. The van der Waals surface area contributed by atoms with Gasteiger partial charge >= 0.3 is 5.69 Å². The Bertz CT molecular complexity index is 1370. The number of benzene rings is 3. The number of nitrogens with one attached hydrogen (secondary N) is 3. The fraction of sp³-hybridized carbons (Fsp3) is 0.160. The first kappa shape index (κ1) is 21.1. The quantitative estimate of drug-likeness (QED) is 0.430. The second-order valence-corrected chi connectivity index (χ2v) is 7.55. The van der Waals surface area contributed by atoms with Gasteiger partial charge < -0.3 is 15.6 Å². The van der Waals surface area contributed by atoms with Crippen LogP contribution in [0.25, 0.3) is 10.9 Å². The highest BCUT2D eigenvalue weighted by molar-refractivity contribution is 6.06. The van der Waals surface area contributed by atoms with Crippen molar-refractivity contribution in [2.75, 3.05) is 10.6 Å². The lowest BCUT2D eigenvalue weighted by molar-refractivity contribution is 0.102. The van der Waals surface area contributed by atoms with Crippen LogP contribution in [0.1, 0.15) is 35.8 Å². The Morgan fingerprint density at radius 3 is 2.34 bits per heavy atom. The minimum absolute atomic E-state index is 0.147. The summed E-state index contributed by atoms with van der Waals surface area (Å²) < 4.78 is 1.12. The van der Waals surface area contributed by atoms with Crippen LogP contribution in [0.3, 0.4) is 0 Å². The van der Waals surface area contributed by atoms with Crippen molar-refractivity contribution in [1.82, 2.24) is 9.55 Å². The maximum atomic E-state index is 12.7. The fourth-order valence-corrected chi connectivity index (χ4v) is 3.61. The molecule has 4 rings (SSSR count). The van der Waals surface area contributed by atoms with E-state index >= 15 is 0 Å². The fourth-order valence-electron chi connectivity index (χ4n) is 3.61. The van der Waals surface area contributed by atoms with Crippen LogP contribution in [-0.4, -0.2) is 15.5 Å². The van der Waals surface area contributed by atoms with E-state index in [0.717, 1.165) is 10.3 Å². The summed E-state index contributed by atoms with van der Waals surface area (Å²) in [4.78, 5) is 39.8. The number of rotatable bonds is 6. The van der Waals surface area contributed by atoms with Gasteiger partial charge in [0, 0.05) is 29.5 Å². The van der Waals surface area contributed by atoms with Crippen molar-refractivity contribution < 1.29 is 4.79 Å². The molecule has 1 aromatic heterocycles. The molecule has 1 amide bonds. The highest BCUT2D eigenvalue weighted by Gasteiger charge is 2.11. The molecule has 0 saturated carbocycles. The Morgan fingerprint density at radius 2 is 1.66 bits per heavy atom. The van der Waals surface area contributed by atoms with Crippen LogP contribution in [0.4, 0.5) is 11.4 Å². The van der Waals surface area contributed by atoms with Gasteiger partial charge in [0.1, 0.15) is 0 Å². The zero-order chi connectivity index (χ0) is 22.7. The summed E-state index contributed by atoms with van der Waals surface area (Å²) in [5.41, 5.74) is 2.59. The summed E-state index contributed by atoms with van der Waals surface area (Å²) in [6, 6.07) is 22.4. The van der Waals surface area contributed by atoms with Crippen LogP contribution in [0.5, 0.6) is 0 Å². The highest BCUT2D eigenvalue weighted by Crippen LogP contribution is 2.21. The van der Waals surface area contributed by atoms with Gasteiger partial charge in [-0.2, -0.15) is 0 Å². The average Bonchev–Trinajstić information content (AvgIpc) is 2.80. The van der Waals surface area contributed by atoms with Crippen LogP contribution < -0.4 is 21.9 Å². The van der Waals surface area contributed by atoms with E-state index in [2.05, 4.69) is 34.7 Å². The molecule has 3 aromatic carbocycles. The van der Waals surface area contributed by atoms with Gasteiger partial charge in [0.15, 0.2) is 0 Å². The molecule has 1 unspecified atom stereocenters. The maximum absolute atomic E-state index is 12.7. The maximum Gasteiger partial charge on any atom is 0.328 e. The van der Waals surface area contributed by atoms with Crippen molar-refractivity contribution in [3.8, 4) is 0 Å². The molecular weight excluding hydrogens is 404 g/mol. The van der Waals surface area contributed by atoms with E-state index in [1.54, 1.807) is 19.1 Å². The third-order valence-corrected chi connectivity index (χ3v) is 5.39. The third kappa shape index (κ3) is 4.32. The van der Waals surface area contributed by atoms with Gasteiger partial charge in [-0.15, -0.1) is 0 Å². The molecule has 7 heteroatoms. The number of anilines is 2. The first-order valence-corrected chi connectivity index (χ1v) is 10.5. The van der Waals surface area contributed by atoms with Crippen LogP contribution in [-0.2, 0) is 6.54 Å². The number of aromatic amines is 1. The second kappa shape index (κ2) is 8.93. The lowest BCUT2D eigenvalue weighted by Crippen LogP contribution is -2.34. The largest absolute Gasteiger partial charge is 0.379 e. The Kier molecular flexibility index (Phi) is 5.89. The molecule has 7 nitrogen and oxygen atoms in total. The van der Waals surface area contributed by atoms with Gasteiger partial charge in [-0.05, 0) is 61.9 Å². The van der Waals surface area contributed by atoms with Crippen LogP contribution in [0.15, 0.2) is 82.4 Å². The van der Waals surface area contributed by atoms with E-state index in [0.29, 0.717) is 22.2 Å². The smallest absolute Gasteiger partial charge is 0.328 e. The molecule has 162 valence electrons. The van der Waals surface area contributed by atoms with E-state index in [1.165, 1.54) is 11.6 Å². The van der Waals surface area contributed by atoms with Crippen LogP contribution >= 0.6 is 0 Å². The van der Waals surface area contributed by atoms with Crippen molar-refractivity contribution in [3.63, 3.8) is 0 Å². The topological polar surface area (TPSA) is 96.0 Å². The van der Waals surface area contributed by atoms with Gasteiger partial charge in [-0.3, -0.25) is 14.2 Å². The predicted molar refractivity (Wildman–Crippen MR) is 127 cm³/mol. The molecule has 4 aromatic rings. The number of hydrogen-bond acceptors (Lipinski definition) is 4. The van der Waals surface area contributed by atoms with Gasteiger partial charge in [-0.1, -0.05) is 30.3 Å². The molecule has 0 aliphatic carbocycles. The zero-order valence-electron chi connectivity index (χ0n) is 17.9. The van der Waals surface area contributed by atoms with Gasteiger partial charge in [0.05, 0.1) is 10.9 Å². The first-order chi connectivity index (χ1) is 15.5. The Labute approximate surface area is 184 Å². The molecule has 3 N–H and O–H groups in total. The molecular formula is C25H24N4O3. The number of aromatic nitrogens is 2. The summed E-state index contributed by atoms with van der Waals surface area (Å²) in [5, 5.41) is 6.64. The van der Waals surface area contributed by atoms with Crippen molar-refractivity contribution >= 4 is 28.2 Å². The second-order valence-electron chi connectivity index (χ2n) is 7.55. The summed E-state index contributed by atoms with van der Waals surface area (Å²) in [6.07, 6.45) is 0. The molecule has 0 bridgehead atoms. The summed E-state index contributed by atoms with van der Waals surface area (Å²) in [7, 11) is 0.